The molecule has 0 radical (unpaired) electrons. The topological polar surface area (TPSA) is 145 Å². The fourth-order valence-corrected chi connectivity index (χ4v) is 1.28. The lowest BCUT2D eigenvalue weighted by atomic mass is 10.3. The molecule has 0 rings (SSSR count). The average Bonchev–Trinajstić information content (AvgIpc) is 2.19. The minimum absolute atomic E-state index is 0.00330. The highest BCUT2D eigenvalue weighted by atomic mass is 32.2. The van der Waals surface area contributed by atoms with Gasteiger partial charge in [-0.2, -0.15) is 0 Å². The van der Waals surface area contributed by atoms with Gasteiger partial charge in [-0.25, -0.2) is 22.7 Å². The number of aliphatic carboxylic acids is 1. The van der Waals surface area contributed by atoms with E-state index in [1.54, 1.807) is 0 Å². The molecule has 2 amide bonds. The van der Waals surface area contributed by atoms with Gasteiger partial charge >= 0.3 is 12.0 Å². The van der Waals surface area contributed by atoms with Crippen molar-refractivity contribution in [1.29, 1.82) is 0 Å². The van der Waals surface area contributed by atoms with E-state index in [0.29, 0.717) is 0 Å². The van der Waals surface area contributed by atoms with Crippen LogP contribution in [0.1, 0.15) is 0 Å². The molecule has 5 N–H and O–H groups in total. The molecule has 0 aromatic rings. The maximum atomic E-state index is 11.1. The van der Waals surface area contributed by atoms with Gasteiger partial charge in [-0.15, -0.1) is 0 Å². The van der Waals surface area contributed by atoms with Crippen LogP contribution in [0.2, 0.25) is 0 Å². The summed E-state index contributed by atoms with van der Waals surface area (Å²) in [5.41, 5.74) is 0. The zero-order valence-corrected chi connectivity index (χ0v) is 9.95. The van der Waals surface area contributed by atoms with Gasteiger partial charge in [0.15, 0.2) is 6.04 Å². The molecule has 0 aromatic carbocycles. The Hall–Kier alpha value is -1.39. The number of sulfonamides is 1. The van der Waals surface area contributed by atoms with E-state index in [9.17, 15) is 18.0 Å². The summed E-state index contributed by atoms with van der Waals surface area (Å²) in [5, 5.41) is 21.3. The average molecular weight is 269 g/mol. The zero-order chi connectivity index (χ0) is 13.5. The Kier molecular flexibility index (Phi) is 6.46. The van der Waals surface area contributed by atoms with E-state index < -0.39 is 34.7 Å². The third kappa shape index (κ3) is 8.42. The molecular weight excluding hydrogens is 254 g/mol. The summed E-state index contributed by atoms with van der Waals surface area (Å²) < 4.78 is 23.4. The summed E-state index contributed by atoms with van der Waals surface area (Å²) in [6.45, 7) is -0.746. The molecule has 0 bridgehead atoms. The van der Waals surface area contributed by atoms with E-state index in [1.807, 2.05) is 5.32 Å². The van der Waals surface area contributed by atoms with Crippen LogP contribution >= 0.6 is 0 Å². The summed E-state index contributed by atoms with van der Waals surface area (Å²) in [7, 11) is -3.32. The molecular formula is C7H15N3O6S. The van der Waals surface area contributed by atoms with Crippen LogP contribution in [0.5, 0.6) is 0 Å². The van der Waals surface area contributed by atoms with Crippen molar-refractivity contribution in [2.24, 2.45) is 0 Å². The van der Waals surface area contributed by atoms with E-state index in [1.165, 1.54) is 0 Å². The monoisotopic (exact) mass is 269 g/mol. The second-order valence-corrected chi connectivity index (χ2v) is 4.97. The lowest BCUT2D eigenvalue weighted by Gasteiger charge is -2.12. The van der Waals surface area contributed by atoms with Crippen molar-refractivity contribution < 1.29 is 28.2 Å². The zero-order valence-electron chi connectivity index (χ0n) is 9.13. The summed E-state index contributed by atoms with van der Waals surface area (Å²) in [5.74, 6) is -1.36. The van der Waals surface area contributed by atoms with E-state index in [-0.39, 0.29) is 13.1 Å². The number of nitrogens with one attached hydrogen (secondary N) is 3. The van der Waals surface area contributed by atoms with Crippen LogP contribution in [0.3, 0.4) is 0 Å². The minimum atomic E-state index is -3.32. The SMILES string of the molecule is CS(=O)(=O)NCCNC(=O)N[C@@H](CO)C(=O)O. The maximum absolute atomic E-state index is 11.1. The van der Waals surface area contributed by atoms with Crippen molar-refractivity contribution in [3.8, 4) is 0 Å². The molecule has 9 nitrogen and oxygen atoms in total. The summed E-state index contributed by atoms with van der Waals surface area (Å²) in [6.07, 6.45) is 0.972. The van der Waals surface area contributed by atoms with Crippen LogP contribution in [0.4, 0.5) is 4.79 Å². The highest BCUT2D eigenvalue weighted by molar-refractivity contribution is 7.88. The molecule has 0 saturated heterocycles. The van der Waals surface area contributed by atoms with E-state index in [4.69, 9.17) is 10.2 Å². The summed E-state index contributed by atoms with van der Waals surface area (Å²) in [6, 6.07) is -2.19. The minimum Gasteiger partial charge on any atom is -0.480 e. The number of aliphatic hydroxyl groups is 1. The molecule has 10 heteroatoms. The lowest BCUT2D eigenvalue weighted by Crippen LogP contribution is -2.49. The van der Waals surface area contributed by atoms with Crippen LogP contribution in [-0.4, -0.2) is 62.6 Å². The fraction of sp³-hybridized carbons (Fsp3) is 0.714. The molecule has 0 aliphatic rings. The third-order valence-electron chi connectivity index (χ3n) is 1.56. The highest BCUT2D eigenvalue weighted by Crippen LogP contribution is 1.81. The smallest absolute Gasteiger partial charge is 0.328 e. The Labute approximate surface area is 98.3 Å². The molecule has 0 spiro atoms. The van der Waals surface area contributed by atoms with Crippen molar-refractivity contribution in [1.82, 2.24) is 15.4 Å². The van der Waals surface area contributed by atoms with E-state index >= 15 is 0 Å². The predicted molar refractivity (Wildman–Crippen MR) is 57.9 cm³/mol. The van der Waals surface area contributed by atoms with Crippen LogP contribution in [0, 0.1) is 0 Å². The molecule has 0 heterocycles. The second kappa shape index (κ2) is 7.04. The van der Waals surface area contributed by atoms with Gasteiger partial charge in [-0.1, -0.05) is 0 Å². The number of carboxylic acids is 1. The molecule has 0 fully saturated rings. The van der Waals surface area contributed by atoms with Crippen molar-refractivity contribution >= 4 is 22.0 Å². The molecule has 0 unspecified atom stereocenters. The summed E-state index contributed by atoms with van der Waals surface area (Å²) >= 11 is 0. The molecule has 0 aliphatic carbocycles. The Morgan fingerprint density at radius 1 is 1.29 bits per heavy atom. The number of carbonyl (C=O) groups is 2. The van der Waals surface area contributed by atoms with Crippen molar-refractivity contribution in [3.63, 3.8) is 0 Å². The Bertz CT molecular complexity index is 368. The molecule has 0 aromatic heterocycles. The second-order valence-electron chi connectivity index (χ2n) is 3.14. The van der Waals surface area contributed by atoms with Gasteiger partial charge in [0.05, 0.1) is 12.9 Å². The molecule has 100 valence electrons. The maximum Gasteiger partial charge on any atom is 0.328 e. The molecule has 0 aliphatic heterocycles. The Morgan fingerprint density at radius 3 is 2.29 bits per heavy atom. The number of hydrogen-bond donors (Lipinski definition) is 5. The third-order valence-corrected chi connectivity index (χ3v) is 2.29. The normalized spacial score (nSPS) is 12.8. The standard InChI is InChI=1S/C7H15N3O6S/c1-17(15,16)9-3-2-8-7(14)10-5(4-11)6(12)13/h5,9,11H,2-4H2,1H3,(H,12,13)(H2,8,10,14)/t5-/m0/s1. The number of carboxylic acid groups (broad SMARTS) is 1. The first-order chi connectivity index (χ1) is 7.76. The van der Waals surface area contributed by atoms with Gasteiger partial charge in [0.1, 0.15) is 0 Å². The largest absolute Gasteiger partial charge is 0.480 e. The Balaban J connectivity index is 3.84. The number of hydrogen-bond acceptors (Lipinski definition) is 5. The predicted octanol–water partition coefficient (Wildman–Crippen LogP) is -2.72. The number of aliphatic hydroxyl groups excluding tert-OH is 1. The van der Waals surface area contributed by atoms with Crippen molar-refractivity contribution in [3.05, 3.63) is 0 Å². The van der Waals surface area contributed by atoms with Gasteiger partial charge in [-0.05, 0) is 0 Å². The molecule has 17 heavy (non-hydrogen) atoms. The van der Waals surface area contributed by atoms with Crippen LogP contribution in [-0.2, 0) is 14.8 Å². The van der Waals surface area contributed by atoms with Gasteiger partial charge in [0.25, 0.3) is 0 Å². The number of urea groups is 1. The van der Waals surface area contributed by atoms with Gasteiger partial charge < -0.3 is 20.8 Å². The quantitative estimate of drug-likeness (QED) is 0.317. The van der Waals surface area contributed by atoms with E-state index in [2.05, 4.69) is 10.0 Å². The number of amides is 2. The van der Waals surface area contributed by atoms with E-state index in [0.717, 1.165) is 6.26 Å². The van der Waals surface area contributed by atoms with Gasteiger partial charge in [0, 0.05) is 13.1 Å². The summed E-state index contributed by atoms with van der Waals surface area (Å²) in [4.78, 5) is 21.5. The Morgan fingerprint density at radius 2 is 1.88 bits per heavy atom. The van der Waals surface area contributed by atoms with Crippen molar-refractivity contribution in [2.45, 2.75) is 6.04 Å². The number of carbonyl (C=O) groups excluding carboxylic acids is 1. The van der Waals surface area contributed by atoms with Crippen molar-refractivity contribution in [2.75, 3.05) is 26.0 Å². The molecule has 0 saturated carbocycles. The van der Waals surface area contributed by atoms with Crippen LogP contribution < -0.4 is 15.4 Å². The lowest BCUT2D eigenvalue weighted by molar-refractivity contribution is -0.140. The fourth-order valence-electron chi connectivity index (χ4n) is 0.807. The van der Waals surface area contributed by atoms with Gasteiger partial charge in [-0.3, -0.25) is 0 Å². The van der Waals surface area contributed by atoms with Gasteiger partial charge in [0.2, 0.25) is 10.0 Å². The first-order valence-corrected chi connectivity index (χ1v) is 6.48. The molecule has 1 atom stereocenters. The first-order valence-electron chi connectivity index (χ1n) is 4.59. The van der Waals surface area contributed by atoms with Crippen LogP contribution in [0.15, 0.2) is 0 Å². The highest BCUT2D eigenvalue weighted by Gasteiger charge is 2.18. The first kappa shape index (κ1) is 15.6. The number of rotatable bonds is 7. The van der Waals surface area contributed by atoms with Crippen LogP contribution in [0.25, 0.3) is 0 Å².